The third-order valence-electron chi connectivity index (χ3n) is 2.79. The maximum absolute atomic E-state index is 12.5. The number of nitriles is 1. The number of benzene rings is 2. The number of anilines is 1. The Bertz CT molecular complexity index is 718. The summed E-state index contributed by atoms with van der Waals surface area (Å²) in [6, 6.07) is 15.5. The summed E-state index contributed by atoms with van der Waals surface area (Å²) in [7, 11) is 0. The van der Waals surface area contributed by atoms with Crippen LogP contribution in [-0.4, -0.2) is 11.7 Å². The van der Waals surface area contributed by atoms with Crippen LogP contribution in [0.15, 0.2) is 53.0 Å². The molecule has 0 fully saturated rings. The normalized spacial score (nSPS) is 9.71. The van der Waals surface area contributed by atoms with Crippen molar-refractivity contribution >= 4 is 33.3 Å². The smallest absolute Gasteiger partial charge is 0.238 e. The topological polar surface area (TPSA) is 70.0 Å². The van der Waals surface area contributed by atoms with E-state index < -0.39 is 5.91 Å². The predicted octanol–water partition coefficient (Wildman–Crippen LogP) is 3.53. The second-order valence-corrected chi connectivity index (χ2v) is 5.18. The van der Waals surface area contributed by atoms with Crippen molar-refractivity contribution < 1.29 is 9.59 Å². The van der Waals surface area contributed by atoms with Crippen molar-refractivity contribution in [2.75, 3.05) is 5.32 Å². The number of ketones is 1. The molecule has 0 saturated heterocycles. The first-order chi connectivity index (χ1) is 10.1. The van der Waals surface area contributed by atoms with Crippen molar-refractivity contribution in [2.24, 2.45) is 0 Å². The fraction of sp³-hybridized carbons (Fsp3) is 0.0625. The molecular formula is C16H11BrN2O2. The van der Waals surface area contributed by atoms with E-state index in [9.17, 15) is 9.59 Å². The van der Waals surface area contributed by atoms with Gasteiger partial charge in [-0.25, -0.2) is 0 Å². The summed E-state index contributed by atoms with van der Waals surface area (Å²) in [6.07, 6.45) is -0.249. The number of para-hydroxylation sites is 1. The first-order valence-electron chi connectivity index (χ1n) is 6.18. The number of carbonyl (C=O) groups excluding carboxylic acids is 2. The van der Waals surface area contributed by atoms with E-state index in [1.165, 1.54) is 0 Å². The third-order valence-corrected chi connectivity index (χ3v) is 3.32. The maximum Gasteiger partial charge on any atom is 0.238 e. The van der Waals surface area contributed by atoms with Gasteiger partial charge in [0.25, 0.3) is 0 Å². The van der Waals surface area contributed by atoms with Gasteiger partial charge < -0.3 is 5.32 Å². The molecule has 1 amide bonds. The molecule has 0 aliphatic heterocycles. The number of hydrogen-bond donors (Lipinski definition) is 1. The van der Waals surface area contributed by atoms with Gasteiger partial charge in [0.05, 0.1) is 11.8 Å². The molecule has 2 aromatic carbocycles. The van der Waals surface area contributed by atoms with E-state index in [2.05, 4.69) is 21.2 Å². The highest BCUT2D eigenvalue weighted by Crippen LogP contribution is 2.20. The molecule has 0 aromatic heterocycles. The second kappa shape index (κ2) is 6.82. The standard InChI is InChI=1S/C16H11BrN2O2/c17-12-7-5-11(6-8-12)16(21)13-3-1-2-4-14(13)19-15(20)9-10-18/h1-8H,9H2,(H,19,20). The Hall–Kier alpha value is -2.45. The average Bonchev–Trinajstić information content (AvgIpc) is 2.48. The lowest BCUT2D eigenvalue weighted by Gasteiger charge is -2.09. The molecule has 0 heterocycles. The lowest BCUT2D eigenvalue weighted by Crippen LogP contribution is -2.14. The number of carbonyl (C=O) groups is 2. The van der Waals surface area contributed by atoms with E-state index in [0.717, 1.165) is 4.47 Å². The minimum Gasteiger partial charge on any atom is -0.325 e. The Morgan fingerprint density at radius 1 is 1.10 bits per heavy atom. The van der Waals surface area contributed by atoms with Gasteiger partial charge in [-0.3, -0.25) is 9.59 Å². The fourth-order valence-electron chi connectivity index (χ4n) is 1.81. The molecule has 4 nitrogen and oxygen atoms in total. The van der Waals surface area contributed by atoms with Crippen molar-refractivity contribution in [3.8, 4) is 6.07 Å². The molecule has 0 unspecified atom stereocenters. The minimum absolute atomic E-state index is 0.185. The van der Waals surface area contributed by atoms with Crippen molar-refractivity contribution in [2.45, 2.75) is 6.42 Å². The van der Waals surface area contributed by atoms with Crippen LogP contribution in [-0.2, 0) is 4.79 Å². The summed E-state index contributed by atoms with van der Waals surface area (Å²) in [5.74, 6) is -0.621. The number of halogens is 1. The number of rotatable bonds is 4. The largest absolute Gasteiger partial charge is 0.325 e. The van der Waals surface area contributed by atoms with Crippen LogP contribution in [0.2, 0.25) is 0 Å². The zero-order valence-corrected chi connectivity index (χ0v) is 12.6. The SMILES string of the molecule is N#CCC(=O)Nc1ccccc1C(=O)c1ccc(Br)cc1. The van der Waals surface area contributed by atoms with E-state index in [0.29, 0.717) is 16.8 Å². The number of amides is 1. The minimum atomic E-state index is -0.437. The van der Waals surface area contributed by atoms with Crippen molar-refractivity contribution in [1.82, 2.24) is 0 Å². The highest BCUT2D eigenvalue weighted by molar-refractivity contribution is 9.10. The Morgan fingerprint density at radius 2 is 1.76 bits per heavy atom. The predicted molar refractivity (Wildman–Crippen MR) is 82.9 cm³/mol. The van der Waals surface area contributed by atoms with Crippen LogP contribution in [0.5, 0.6) is 0 Å². The second-order valence-electron chi connectivity index (χ2n) is 4.26. The van der Waals surface area contributed by atoms with Crippen molar-refractivity contribution in [3.05, 3.63) is 64.1 Å². The maximum atomic E-state index is 12.5. The van der Waals surface area contributed by atoms with Crippen LogP contribution in [0, 0.1) is 11.3 Å². The molecule has 0 atom stereocenters. The van der Waals surface area contributed by atoms with E-state index in [4.69, 9.17) is 5.26 Å². The first-order valence-corrected chi connectivity index (χ1v) is 6.97. The van der Waals surface area contributed by atoms with Crippen molar-refractivity contribution in [3.63, 3.8) is 0 Å². The number of nitrogens with zero attached hydrogens (tertiary/aromatic N) is 1. The monoisotopic (exact) mass is 342 g/mol. The highest BCUT2D eigenvalue weighted by atomic mass is 79.9. The summed E-state index contributed by atoms with van der Waals surface area (Å²) in [5, 5.41) is 11.1. The number of hydrogen-bond acceptors (Lipinski definition) is 3. The van der Waals surface area contributed by atoms with Crippen molar-refractivity contribution in [1.29, 1.82) is 5.26 Å². The molecule has 21 heavy (non-hydrogen) atoms. The Labute approximate surface area is 130 Å². The van der Waals surface area contributed by atoms with E-state index in [1.54, 1.807) is 54.6 Å². The molecule has 2 rings (SSSR count). The van der Waals surface area contributed by atoms with E-state index in [1.807, 2.05) is 0 Å². The van der Waals surface area contributed by atoms with Gasteiger partial charge in [-0.15, -0.1) is 0 Å². The van der Waals surface area contributed by atoms with Gasteiger partial charge in [-0.2, -0.15) is 5.26 Å². The lowest BCUT2D eigenvalue weighted by molar-refractivity contribution is -0.115. The Kier molecular flexibility index (Phi) is 4.85. The fourth-order valence-corrected chi connectivity index (χ4v) is 2.08. The molecule has 5 heteroatoms. The summed E-state index contributed by atoms with van der Waals surface area (Å²) in [6.45, 7) is 0. The van der Waals surface area contributed by atoms with Crippen LogP contribution < -0.4 is 5.32 Å². The van der Waals surface area contributed by atoms with Gasteiger partial charge >= 0.3 is 0 Å². The molecule has 2 aromatic rings. The van der Waals surface area contributed by atoms with Gasteiger partial charge in [0.2, 0.25) is 5.91 Å². The molecular weight excluding hydrogens is 332 g/mol. The van der Waals surface area contributed by atoms with Gasteiger partial charge in [-0.1, -0.05) is 28.1 Å². The van der Waals surface area contributed by atoms with Gasteiger partial charge in [0.15, 0.2) is 5.78 Å². The van der Waals surface area contributed by atoms with Gasteiger partial charge in [0.1, 0.15) is 6.42 Å². The molecule has 0 radical (unpaired) electrons. The first kappa shape index (κ1) is 14.9. The van der Waals surface area contributed by atoms with Crippen LogP contribution in [0.1, 0.15) is 22.3 Å². The summed E-state index contributed by atoms with van der Waals surface area (Å²) < 4.78 is 0.884. The molecule has 0 spiro atoms. The molecule has 1 N–H and O–H groups in total. The van der Waals surface area contributed by atoms with Crippen LogP contribution >= 0.6 is 15.9 Å². The van der Waals surface area contributed by atoms with E-state index >= 15 is 0 Å². The lowest BCUT2D eigenvalue weighted by atomic mass is 10.0. The quantitative estimate of drug-likeness (QED) is 0.864. The average molecular weight is 343 g/mol. The van der Waals surface area contributed by atoms with Crippen LogP contribution in [0.25, 0.3) is 0 Å². The zero-order valence-electron chi connectivity index (χ0n) is 11.0. The Morgan fingerprint density at radius 3 is 2.43 bits per heavy atom. The Balaban J connectivity index is 2.31. The zero-order chi connectivity index (χ0) is 15.2. The third kappa shape index (κ3) is 3.77. The molecule has 0 aliphatic rings. The highest BCUT2D eigenvalue weighted by Gasteiger charge is 2.14. The summed E-state index contributed by atoms with van der Waals surface area (Å²) >= 11 is 3.32. The van der Waals surface area contributed by atoms with Crippen LogP contribution in [0.4, 0.5) is 5.69 Å². The molecule has 104 valence electrons. The summed E-state index contributed by atoms with van der Waals surface area (Å²) in [4.78, 5) is 24.0. The van der Waals surface area contributed by atoms with Gasteiger partial charge in [0, 0.05) is 15.6 Å². The summed E-state index contributed by atoms with van der Waals surface area (Å²) in [5.41, 5.74) is 1.33. The molecule has 0 bridgehead atoms. The number of nitrogens with one attached hydrogen (secondary N) is 1. The van der Waals surface area contributed by atoms with E-state index in [-0.39, 0.29) is 12.2 Å². The molecule has 0 saturated carbocycles. The molecule has 0 aliphatic carbocycles. The van der Waals surface area contributed by atoms with Crippen LogP contribution in [0.3, 0.4) is 0 Å². The van der Waals surface area contributed by atoms with Gasteiger partial charge in [-0.05, 0) is 36.4 Å².